The van der Waals surface area contributed by atoms with Crippen molar-refractivity contribution in [3.05, 3.63) is 24.3 Å². The number of benzene rings is 1. The summed E-state index contributed by atoms with van der Waals surface area (Å²) < 4.78 is 17.1. The lowest BCUT2D eigenvalue weighted by Gasteiger charge is -2.14. The van der Waals surface area contributed by atoms with E-state index in [2.05, 4.69) is 12.2 Å². The summed E-state index contributed by atoms with van der Waals surface area (Å²) in [7, 11) is 0. The first-order valence-electron chi connectivity index (χ1n) is 8.07. The smallest absolute Gasteiger partial charge is 0.161 e. The average Bonchev–Trinajstić information content (AvgIpc) is 3.02. The Kier molecular flexibility index (Phi) is 10.0. The topological polar surface area (TPSA) is 39.7 Å². The second-order valence-electron chi connectivity index (χ2n) is 5.34. The van der Waals surface area contributed by atoms with Crippen LogP contribution in [0.2, 0.25) is 0 Å². The largest absolute Gasteiger partial charge is 0.490 e. The maximum atomic E-state index is 5.80. The fourth-order valence-electron chi connectivity index (χ4n) is 2.32. The van der Waals surface area contributed by atoms with Gasteiger partial charge in [-0.15, -0.1) is 12.4 Å². The quantitative estimate of drug-likeness (QED) is 0.668. The van der Waals surface area contributed by atoms with Crippen LogP contribution in [0.15, 0.2) is 24.3 Å². The molecular weight excluding hydrogens is 302 g/mol. The summed E-state index contributed by atoms with van der Waals surface area (Å²) in [5.74, 6) is 1.66. The van der Waals surface area contributed by atoms with E-state index in [0.717, 1.165) is 50.6 Å². The van der Waals surface area contributed by atoms with Crippen LogP contribution in [-0.4, -0.2) is 39.0 Å². The third kappa shape index (κ3) is 6.86. The van der Waals surface area contributed by atoms with E-state index in [1.54, 1.807) is 0 Å². The Morgan fingerprint density at radius 2 is 1.91 bits per heavy atom. The van der Waals surface area contributed by atoms with Crippen molar-refractivity contribution in [1.29, 1.82) is 0 Å². The predicted octanol–water partition coefficient (Wildman–Crippen LogP) is 3.43. The van der Waals surface area contributed by atoms with E-state index in [0.29, 0.717) is 12.7 Å². The molecule has 1 unspecified atom stereocenters. The highest BCUT2D eigenvalue weighted by atomic mass is 35.5. The first kappa shape index (κ1) is 19.1. The second-order valence-corrected chi connectivity index (χ2v) is 5.34. The molecule has 0 aliphatic carbocycles. The number of hydrogen-bond acceptors (Lipinski definition) is 4. The van der Waals surface area contributed by atoms with Crippen molar-refractivity contribution in [2.24, 2.45) is 0 Å². The van der Waals surface area contributed by atoms with Gasteiger partial charge in [0.1, 0.15) is 6.61 Å². The molecule has 1 N–H and O–H groups in total. The van der Waals surface area contributed by atoms with E-state index in [1.807, 2.05) is 24.3 Å². The molecule has 0 bridgehead atoms. The number of unbranched alkanes of at least 4 members (excludes halogenated alkanes) is 1. The van der Waals surface area contributed by atoms with Crippen molar-refractivity contribution in [3.63, 3.8) is 0 Å². The van der Waals surface area contributed by atoms with Gasteiger partial charge in [0.05, 0.1) is 12.7 Å². The highest BCUT2D eigenvalue weighted by Gasteiger charge is 2.14. The fraction of sp³-hybridized carbons (Fsp3) is 0.647. The SMILES string of the molecule is CCCCOc1ccccc1OCCNCC1CCCO1.Cl. The summed E-state index contributed by atoms with van der Waals surface area (Å²) in [5, 5.41) is 3.38. The van der Waals surface area contributed by atoms with Gasteiger partial charge in [0.25, 0.3) is 0 Å². The van der Waals surface area contributed by atoms with Crippen molar-refractivity contribution < 1.29 is 14.2 Å². The van der Waals surface area contributed by atoms with Gasteiger partial charge < -0.3 is 19.5 Å². The summed E-state index contributed by atoms with van der Waals surface area (Å²) in [6.07, 6.45) is 4.94. The molecule has 2 rings (SSSR count). The lowest BCUT2D eigenvalue weighted by atomic mass is 10.2. The lowest BCUT2D eigenvalue weighted by Crippen LogP contribution is -2.29. The zero-order chi connectivity index (χ0) is 14.8. The number of para-hydroxylation sites is 2. The number of hydrogen-bond donors (Lipinski definition) is 1. The molecule has 0 amide bonds. The molecule has 1 aromatic carbocycles. The second kappa shape index (κ2) is 11.6. The minimum atomic E-state index is 0. The minimum Gasteiger partial charge on any atom is -0.490 e. The molecule has 5 heteroatoms. The van der Waals surface area contributed by atoms with Gasteiger partial charge in [0.15, 0.2) is 11.5 Å². The predicted molar refractivity (Wildman–Crippen MR) is 91.4 cm³/mol. The summed E-state index contributed by atoms with van der Waals surface area (Å²) in [6.45, 7) is 6.19. The monoisotopic (exact) mass is 329 g/mol. The maximum absolute atomic E-state index is 5.80. The highest BCUT2D eigenvalue weighted by Crippen LogP contribution is 2.26. The molecule has 1 aliphatic rings. The van der Waals surface area contributed by atoms with E-state index in [9.17, 15) is 0 Å². The van der Waals surface area contributed by atoms with E-state index >= 15 is 0 Å². The Morgan fingerprint density at radius 1 is 1.18 bits per heavy atom. The van der Waals surface area contributed by atoms with Crippen LogP contribution in [0.3, 0.4) is 0 Å². The lowest BCUT2D eigenvalue weighted by molar-refractivity contribution is 0.109. The van der Waals surface area contributed by atoms with Crippen molar-refractivity contribution in [2.45, 2.75) is 38.7 Å². The zero-order valence-corrected chi connectivity index (χ0v) is 14.2. The number of rotatable bonds is 10. The van der Waals surface area contributed by atoms with E-state index in [4.69, 9.17) is 14.2 Å². The van der Waals surface area contributed by atoms with Crippen LogP contribution in [0, 0.1) is 0 Å². The number of ether oxygens (including phenoxy) is 3. The van der Waals surface area contributed by atoms with Crippen LogP contribution >= 0.6 is 12.4 Å². The molecule has 1 saturated heterocycles. The van der Waals surface area contributed by atoms with Crippen molar-refractivity contribution in [3.8, 4) is 11.5 Å². The van der Waals surface area contributed by atoms with Gasteiger partial charge in [-0.1, -0.05) is 25.5 Å². The van der Waals surface area contributed by atoms with Gasteiger partial charge in [-0.25, -0.2) is 0 Å². The summed E-state index contributed by atoms with van der Waals surface area (Å²) in [5.41, 5.74) is 0. The Balaban J connectivity index is 0.00000242. The molecule has 1 aromatic rings. The van der Waals surface area contributed by atoms with Crippen molar-refractivity contribution in [1.82, 2.24) is 5.32 Å². The Labute approximate surface area is 139 Å². The van der Waals surface area contributed by atoms with Crippen LogP contribution < -0.4 is 14.8 Å². The molecule has 126 valence electrons. The van der Waals surface area contributed by atoms with Gasteiger partial charge in [0, 0.05) is 19.7 Å². The van der Waals surface area contributed by atoms with Crippen LogP contribution in [0.1, 0.15) is 32.6 Å². The van der Waals surface area contributed by atoms with Gasteiger partial charge in [-0.2, -0.15) is 0 Å². The highest BCUT2D eigenvalue weighted by molar-refractivity contribution is 5.85. The molecule has 1 atom stereocenters. The summed E-state index contributed by atoms with van der Waals surface area (Å²) in [4.78, 5) is 0. The van der Waals surface area contributed by atoms with Gasteiger partial charge in [-0.05, 0) is 31.4 Å². The molecule has 1 aliphatic heterocycles. The Morgan fingerprint density at radius 3 is 2.55 bits per heavy atom. The molecular formula is C17H28ClNO3. The van der Waals surface area contributed by atoms with Gasteiger partial charge in [-0.3, -0.25) is 0 Å². The first-order valence-corrected chi connectivity index (χ1v) is 8.07. The normalized spacial score (nSPS) is 17.0. The van der Waals surface area contributed by atoms with Crippen LogP contribution in [-0.2, 0) is 4.74 Å². The molecule has 0 radical (unpaired) electrons. The van der Waals surface area contributed by atoms with Crippen molar-refractivity contribution >= 4 is 12.4 Å². The van der Waals surface area contributed by atoms with Crippen LogP contribution in [0.25, 0.3) is 0 Å². The van der Waals surface area contributed by atoms with E-state index < -0.39 is 0 Å². The molecule has 4 nitrogen and oxygen atoms in total. The fourth-order valence-corrected chi connectivity index (χ4v) is 2.32. The van der Waals surface area contributed by atoms with Gasteiger partial charge >= 0.3 is 0 Å². The van der Waals surface area contributed by atoms with Gasteiger partial charge in [0.2, 0.25) is 0 Å². The van der Waals surface area contributed by atoms with Crippen molar-refractivity contribution in [2.75, 3.05) is 32.9 Å². The Bertz CT molecular complexity index is 397. The third-order valence-corrected chi connectivity index (χ3v) is 3.54. The van der Waals surface area contributed by atoms with Crippen LogP contribution in [0.4, 0.5) is 0 Å². The molecule has 22 heavy (non-hydrogen) atoms. The van der Waals surface area contributed by atoms with Crippen LogP contribution in [0.5, 0.6) is 11.5 Å². The number of halogens is 1. The van der Waals surface area contributed by atoms with E-state index in [-0.39, 0.29) is 12.4 Å². The third-order valence-electron chi connectivity index (χ3n) is 3.54. The maximum Gasteiger partial charge on any atom is 0.161 e. The number of nitrogens with one attached hydrogen (secondary N) is 1. The minimum absolute atomic E-state index is 0. The zero-order valence-electron chi connectivity index (χ0n) is 13.4. The standard InChI is InChI=1S/C17H27NO3.ClH/c1-2-3-11-20-16-8-4-5-9-17(16)21-13-10-18-14-15-7-6-12-19-15;/h4-5,8-9,15,18H,2-3,6-7,10-14H2,1H3;1H. The summed E-state index contributed by atoms with van der Waals surface area (Å²) in [6, 6.07) is 7.87. The molecule has 0 saturated carbocycles. The van der Waals surface area contributed by atoms with E-state index in [1.165, 1.54) is 12.8 Å². The molecule has 0 spiro atoms. The molecule has 1 fully saturated rings. The average molecular weight is 330 g/mol. The molecule has 0 aromatic heterocycles. The first-order chi connectivity index (χ1) is 10.4. The molecule has 1 heterocycles. The Hall–Kier alpha value is -0.970. The summed E-state index contributed by atoms with van der Waals surface area (Å²) >= 11 is 0.